The third kappa shape index (κ3) is 3.24. The number of carbonyl (C=O) groups is 2. The van der Waals surface area contributed by atoms with Gasteiger partial charge in [0.25, 0.3) is 5.91 Å². The molecular weight excluding hydrogens is 342 g/mol. The minimum atomic E-state index is -0.970. The Labute approximate surface area is 158 Å². The number of rotatable bonds is 5. The second-order valence-corrected chi connectivity index (χ2v) is 7.69. The summed E-state index contributed by atoms with van der Waals surface area (Å²) in [5, 5.41) is 14.1. The van der Waals surface area contributed by atoms with E-state index in [1.165, 1.54) is 10.5 Å². The minimum absolute atomic E-state index is 0.0207. The molecular formula is C21H25N3O3. The van der Waals surface area contributed by atoms with Crippen molar-refractivity contribution in [1.29, 1.82) is 0 Å². The molecule has 1 atom stereocenters. The molecule has 6 nitrogen and oxygen atoms in total. The quantitative estimate of drug-likeness (QED) is 0.881. The lowest BCUT2D eigenvalue weighted by Gasteiger charge is -2.26. The van der Waals surface area contributed by atoms with E-state index in [9.17, 15) is 14.7 Å². The highest BCUT2D eigenvalue weighted by Crippen LogP contribution is 2.33. The number of aromatic nitrogens is 2. The summed E-state index contributed by atoms with van der Waals surface area (Å²) < 4.78 is 1.89. The van der Waals surface area contributed by atoms with E-state index in [0.29, 0.717) is 5.69 Å². The number of aliphatic carboxylic acids is 1. The van der Waals surface area contributed by atoms with E-state index in [2.05, 4.69) is 0 Å². The number of hydrogen-bond donors (Lipinski definition) is 1. The standard InChI is InChI=1S/C21H25N3O3/c1-13-7-9-16(10-8-13)24-18-6-4-3-5-17(18)19(22-24)20(25)23(15-11-12-15)14(2)21(26)27/h7-10,14-15H,3-6,11-12H2,1-2H3,(H,26,27). The van der Waals surface area contributed by atoms with Crippen LogP contribution in [-0.2, 0) is 17.6 Å². The molecule has 0 saturated heterocycles. The van der Waals surface area contributed by atoms with Gasteiger partial charge in [-0.2, -0.15) is 5.10 Å². The summed E-state index contributed by atoms with van der Waals surface area (Å²) in [5.41, 5.74) is 4.64. The van der Waals surface area contributed by atoms with Gasteiger partial charge in [0.05, 0.1) is 5.69 Å². The van der Waals surface area contributed by atoms with Crippen molar-refractivity contribution in [3.8, 4) is 5.69 Å². The molecule has 27 heavy (non-hydrogen) atoms. The lowest BCUT2D eigenvalue weighted by Crippen LogP contribution is -2.45. The highest BCUT2D eigenvalue weighted by Gasteiger charge is 2.41. The van der Waals surface area contributed by atoms with Gasteiger partial charge in [-0.1, -0.05) is 17.7 Å². The molecule has 2 aromatic rings. The molecule has 1 amide bonds. The van der Waals surface area contributed by atoms with Gasteiger partial charge in [-0.3, -0.25) is 4.79 Å². The molecule has 6 heteroatoms. The zero-order valence-electron chi connectivity index (χ0n) is 15.8. The monoisotopic (exact) mass is 367 g/mol. The molecule has 4 rings (SSSR count). The molecule has 1 heterocycles. The molecule has 1 saturated carbocycles. The molecule has 142 valence electrons. The largest absolute Gasteiger partial charge is 0.480 e. The van der Waals surface area contributed by atoms with Crippen molar-refractivity contribution >= 4 is 11.9 Å². The molecule has 2 aliphatic carbocycles. The lowest BCUT2D eigenvalue weighted by molar-refractivity contribution is -0.141. The van der Waals surface area contributed by atoms with Gasteiger partial charge >= 0.3 is 5.97 Å². The SMILES string of the molecule is Cc1ccc(-n2nc(C(=O)N(C3CC3)C(C)C(=O)O)c3c2CCCC3)cc1. The average molecular weight is 367 g/mol. The summed E-state index contributed by atoms with van der Waals surface area (Å²) >= 11 is 0. The Morgan fingerprint density at radius 1 is 1.19 bits per heavy atom. The maximum Gasteiger partial charge on any atom is 0.326 e. The number of fused-ring (bicyclic) bond motifs is 1. The van der Waals surface area contributed by atoms with Crippen LogP contribution < -0.4 is 0 Å². The van der Waals surface area contributed by atoms with Crippen LogP contribution in [0.15, 0.2) is 24.3 Å². The second-order valence-electron chi connectivity index (χ2n) is 7.69. The number of aryl methyl sites for hydroxylation is 1. The van der Waals surface area contributed by atoms with Crippen molar-refractivity contribution in [3.63, 3.8) is 0 Å². The molecule has 1 unspecified atom stereocenters. The van der Waals surface area contributed by atoms with Crippen LogP contribution in [0.2, 0.25) is 0 Å². The lowest BCUT2D eigenvalue weighted by atomic mass is 9.95. The average Bonchev–Trinajstić information content (AvgIpc) is 3.42. The van der Waals surface area contributed by atoms with Gasteiger partial charge in [0, 0.05) is 17.3 Å². The van der Waals surface area contributed by atoms with Gasteiger partial charge in [0.15, 0.2) is 5.69 Å². The van der Waals surface area contributed by atoms with Crippen molar-refractivity contribution in [3.05, 3.63) is 46.8 Å². The van der Waals surface area contributed by atoms with Crippen LogP contribution in [0.25, 0.3) is 5.69 Å². The Balaban J connectivity index is 1.77. The topological polar surface area (TPSA) is 75.4 Å². The Hall–Kier alpha value is -2.63. The number of benzene rings is 1. The second kappa shape index (κ2) is 6.83. The minimum Gasteiger partial charge on any atom is -0.480 e. The van der Waals surface area contributed by atoms with Gasteiger partial charge in [-0.05, 0) is 64.5 Å². The Morgan fingerprint density at radius 2 is 1.85 bits per heavy atom. The zero-order chi connectivity index (χ0) is 19.1. The number of nitrogens with zero attached hydrogens (tertiary/aromatic N) is 3. The third-order valence-electron chi connectivity index (χ3n) is 5.61. The van der Waals surface area contributed by atoms with E-state index in [0.717, 1.165) is 55.5 Å². The van der Waals surface area contributed by atoms with E-state index in [4.69, 9.17) is 5.10 Å². The molecule has 1 fully saturated rings. The fourth-order valence-electron chi connectivity index (χ4n) is 3.92. The first-order chi connectivity index (χ1) is 13.0. The van der Waals surface area contributed by atoms with Crippen molar-refractivity contribution in [2.24, 2.45) is 0 Å². The highest BCUT2D eigenvalue weighted by molar-refractivity contribution is 5.97. The van der Waals surface area contributed by atoms with Crippen molar-refractivity contribution < 1.29 is 14.7 Å². The van der Waals surface area contributed by atoms with E-state index in [1.807, 2.05) is 35.9 Å². The van der Waals surface area contributed by atoms with E-state index in [1.54, 1.807) is 6.92 Å². The molecule has 1 aromatic carbocycles. The van der Waals surface area contributed by atoms with Gasteiger partial charge in [-0.15, -0.1) is 0 Å². The first kappa shape index (κ1) is 17.8. The number of carbonyl (C=O) groups excluding carboxylic acids is 1. The molecule has 1 N–H and O–H groups in total. The number of carboxylic acid groups (broad SMARTS) is 1. The maximum atomic E-state index is 13.3. The first-order valence-corrected chi connectivity index (χ1v) is 9.70. The van der Waals surface area contributed by atoms with Crippen molar-refractivity contribution in [1.82, 2.24) is 14.7 Å². The molecule has 0 spiro atoms. The van der Waals surface area contributed by atoms with Gasteiger partial charge in [0.1, 0.15) is 6.04 Å². The van der Waals surface area contributed by atoms with Crippen LogP contribution in [0.4, 0.5) is 0 Å². The van der Waals surface area contributed by atoms with Crippen molar-refractivity contribution in [2.45, 2.75) is 64.5 Å². The summed E-state index contributed by atoms with van der Waals surface area (Å²) in [6.45, 7) is 3.63. The van der Waals surface area contributed by atoms with E-state index >= 15 is 0 Å². The van der Waals surface area contributed by atoms with Crippen molar-refractivity contribution in [2.75, 3.05) is 0 Å². The van der Waals surface area contributed by atoms with Crippen LogP contribution in [0.1, 0.15) is 59.9 Å². The highest BCUT2D eigenvalue weighted by atomic mass is 16.4. The zero-order valence-corrected chi connectivity index (χ0v) is 15.8. The predicted octanol–water partition coefficient (Wildman–Crippen LogP) is 3.14. The fraction of sp³-hybridized carbons (Fsp3) is 0.476. The van der Waals surface area contributed by atoms with Crippen LogP contribution >= 0.6 is 0 Å². The van der Waals surface area contributed by atoms with E-state index < -0.39 is 12.0 Å². The van der Waals surface area contributed by atoms with Gasteiger partial charge in [-0.25, -0.2) is 9.48 Å². The number of amides is 1. The fourth-order valence-corrected chi connectivity index (χ4v) is 3.92. The Morgan fingerprint density at radius 3 is 2.48 bits per heavy atom. The Bertz CT molecular complexity index is 881. The molecule has 0 radical (unpaired) electrons. The van der Waals surface area contributed by atoms with Crippen LogP contribution in [0.3, 0.4) is 0 Å². The van der Waals surface area contributed by atoms with Crippen LogP contribution in [0, 0.1) is 6.92 Å². The summed E-state index contributed by atoms with van der Waals surface area (Å²) in [6.07, 6.45) is 5.55. The van der Waals surface area contributed by atoms with Crippen LogP contribution in [-0.4, -0.2) is 43.7 Å². The Kier molecular flexibility index (Phi) is 4.50. The number of hydrogen-bond acceptors (Lipinski definition) is 3. The van der Waals surface area contributed by atoms with Gasteiger partial charge in [0.2, 0.25) is 0 Å². The van der Waals surface area contributed by atoms with Crippen LogP contribution in [0.5, 0.6) is 0 Å². The first-order valence-electron chi connectivity index (χ1n) is 9.70. The smallest absolute Gasteiger partial charge is 0.326 e. The molecule has 0 aliphatic heterocycles. The normalized spacial score (nSPS) is 17.3. The summed E-state index contributed by atoms with van der Waals surface area (Å²) in [4.78, 5) is 26.4. The molecule has 0 bridgehead atoms. The third-order valence-corrected chi connectivity index (χ3v) is 5.61. The maximum absolute atomic E-state index is 13.3. The predicted molar refractivity (Wildman–Crippen MR) is 101 cm³/mol. The molecule has 2 aliphatic rings. The summed E-state index contributed by atoms with van der Waals surface area (Å²) in [6, 6.07) is 7.29. The van der Waals surface area contributed by atoms with E-state index in [-0.39, 0.29) is 11.9 Å². The molecule has 1 aromatic heterocycles. The number of carboxylic acids is 1. The summed E-state index contributed by atoms with van der Waals surface area (Å²) in [7, 11) is 0. The summed E-state index contributed by atoms with van der Waals surface area (Å²) in [5.74, 6) is -1.21. The van der Waals surface area contributed by atoms with Gasteiger partial charge < -0.3 is 10.0 Å².